The second kappa shape index (κ2) is 7.74. The summed E-state index contributed by atoms with van der Waals surface area (Å²) in [6, 6.07) is 19.6. The molecule has 0 spiro atoms. The first-order valence-corrected chi connectivity index (χ1v) is 11.7. The zero-order chi connectivity index (χ0) is 22.5. The second-order valence-electron chi connectivity index (χ2n) is 8.34. The molecule has 3 aromatic carbocycles. The van der Waals surface area contributed by atoms with Crippen molar-refractivity contribution in [3.05, 3.63) is 115 Å². The number of Topliss-reactive ketones (excluding diaryl/α,β-unsaturated/α-hetero) is 1. The molecule has 0 radical (unpaired) electrons. The summed E-state index contributed by atoms with van der Waals surface area (Å²) in [5, 5.41) is 2.08. The molecule has 0 saturated heterocycles. The number of rotatable bonds is 2. The summed E-state index contributed by atoms with van der Waals surface area (Å²) in [5.74, 6) is -0.262. The first-order chi connectivity index (χ1) is 16.1. The molecular formula is C27H19FN2O2S. The zero-order valence-electron chi connectivity index (χ0n) is 17.6. The lowest BCUT2D eigenvalue weighted by Gasteiger charge is -2.29. The maximum absolute atomic E-state index is 13.7. The molecular weight excluding hydrogens is 435 g/mol. The summed E-state index contributed by atoms with van der Waals surface area (Å²) in [4.78, 5) is 32.2. The van der Waals surface area contributed by atoms with Crippen LogP contribution in [0.4, 0.5) is 4.39 Å². The first kappa shape index (κ1) is 20.0. The highest BCUT2D eigenvalue weighted by molar-refractivity contribution is 7.07. The van der Waals surface area contributed by atoms with Gasteiger partial charge in [-0.15, -0.1) is 0 Å². The van der Waals surface area contributed by atoms with Gasteiger partial charge in [0, 0.05) is 12.0 Å². The number of halogens is 1. The Bertz CT molecular complexity index is 1640. The van der Waals surface area contributed by atoms with E-state index in [4.69, 9.17) is 4.99 Å². The van der Waals surface area contributed by atoms with Crippen LogP contribution in [0.25, 0.3) is 16.8 Å². The van der Waals surface area contributed by atoms with Crippen molar-refractivity contribution >= 4 is 34.0 Å². The fourth-order valence-electron chi connectivity index (χ4n) is 4.80. The molecule has 0 bridgehead atoms. The minimum atomic E-state index is -0.509. The van der Waals surface area contributed by atoms with Gasteiger partial charge < -0.3 is 0 Å². The lowest BCUT2D eigenvalue weighted by atomic mass is 9.84. The lowest BCUT2D eigenvalue weighted by molar-refractivity contribution is -0.116. The van der Waals surface area contributed by atoms with E-state index in [1.807, 2.05) is 42.5 Å². The molecule has 4 aromatic rings. The lowest BCUT2D eigenvalue weighted by Crippen LogP contribution is -2.40. The summed E-state index contributed by atoms with van der Waals surface area (Å²) in [6.07, 6.45) is 3.73. The molecule has 0 saturated carbocycles. The highest BCUT2D eigenvalue weighted by Crippen LogP contribution is 2.38. The van der Waals surface area contributed by atoms with Crippen molar-refractivity contribution in [2.24, 2.45) is 4.99 Å². The summed E-state index contributed by atoms with van der Waals surface area (Å²) >= 11 is 1.31. The predicted octanol–water partition coefficient (Wildman–Crippen LogP) is 4.26. The van der Waals surface area contributed by atoms with Gasteiger partial charge in [0.25, 0.3) is 5.56 Å². The van der Waals surface area contributed by atoms with E-state index < -0.39 is 6.04 Å². The van der Waals surface area contributed by atoms with Gasteiger partial charge in [0.15, 0.2) is 10.6 Å². The third-order valence-corrected chi connectivity index (χ3v) is 7.30. The van der Waals surface area contributed by atoms with Crippen LogP contribution in [0.2, 0.25) is 0 Å². The van der Waals surface area contributed by atoms with E-state index >= 15 is 0 Å². The number of hydrogen-bond donors (Lipinski definition) is 0. The normalized spacial score (nSPS) is 18.3. The Kier molecular flexibility index (Phi) is 4.69. The molecule has 2 heterocycles. The topological polar surface area (TPSA) is 51.4 Å². The molecule has 6 rings (SSSR count). The van der Waals surface area contributed by atoms with Crippen molar-refractivity contribution in [2.45, 2.75) is 25.3 Å². The molecule has 1 aromatic heterocycles. The van der Waals surface area contributed by atoms with E-state index in [1.165, 1.54) is 23.5 Å². The van der Waals surface area contributed by atoms with Gasteiger partial charge in [-0.3, -0.25) is 14.2 Å². The minimum absolute atomic E-state index is 0.0609. The number of carbonyl (C=O) groups is 1. The highest BCUT2D eigenvalue weighted by Gasteiger charge is 2.35. The number of fused-ring (bicyclic) bond motifs is 2. The van der Waals surface area contributed by atoms with E-state index in [2.05, 4.69) is 0 Å². The van der Waals surface area contributed by atoms with Gasteiger partial charge >= 0.3 is 0 Å². The fourth-order valence-corrected chi connectivity index (χ4v) is 5.82. The molecule has 1 atom stereocenters. The van der Waals surface area contributed by atoms with Crippen LogP contribution in [0.3, 0.4) is 0 Å². The van der Waals surface area contributed by atoms with Gasteiger partial charge in [0.2, 0.25) is 0 Å². The molecule has 4 nitrogen and oxygen atoms in total. The van der Waals surface area contributed by atoms with E-state index in [9.17, 15) is 14.0 Å². The van der Waals surface area contributed by atoms with Gasteiger partial charge in [-0.05, 0) is 52.9 Å². The van der Waals surface area contributed by atoms with Crippen LogP contribution in [-0.2, 0) is 4.79 Å². The van der Waals surface area contributed by atoms with Crippen molar-refractivity contribution in [1.82, 2.24) is 4.57 Å². The van der Waals surface area contributed by atoms with Crippen molar-refractivity contribution in [1.29, 1.82) is 0 Å². The predicted molar refractivity (Wildman–Crippen MR) is 127 cm³/mol. The van der Waals surface area contributed by atoms with Crippen LogP contribution in [0.5, 0.6) is 0 Å². The Labute approximate surface area is 192 Å². The van der Waals surface area contributed by atoms with Crippen molar-refractivity contribution < 1.29 is 9.18 Å². The Hall–Kier alpha value is -3.64. The van der Waals surface area contributed by atoms with E-state index in [0.29, 0.717) is 21.3 Å². The van der Waals surface area contributed by atoms with Crippen molar-refractivity contribution in [2.75, 3.05) is 0 Å². The largest absolute Gasteiger partial charge is 0.294 e. The fraction of sp³-hybridized carbons (Fsp3) is 0.148. The highest BCUT2D eigenvalue weighted by atomic mass is 32.1. The Morgan fingerprint density at radius 1 is 0.970 bits per heavy atom. The van der Waals surface area contributed by atoms with Gasteiger partial charge in [0.05, 0.1) is 16.3 Å². The summed E-state index contributed by atoms with van der Waals surface area (Å²) in [5.41, 5.74) is 2.91. The van der Waals surface area contributed by atoms with E-state index in [1.54, 1.807) is 22.8 Å². The molecule has 33 heavy (non-hydrogen) atoms. The number of nitrogens with zero attached hydrogens (tertiary/aromatic N) is 2. The van der Waals surface area contributed by atoms with Crippen LogP contribution < -0.4 is 14.9 Å². The molecule has 0 fully saturated rings. The van der Waals surface area contributed by atoms with E-state index in [-0.39, 0.29) is 17.2 Å². The Morgan fingerprint density at radius 2 is 1.76 bits per heavy atom. The molecule has 1 aliphatic heterocycles. The number of carbonyl (C=O) groups excluding carboxylic acids is 1. The molecule has 1 unspecified atom stereocenters. The molecule has 6 heteroatoms. The maximum atomic E-state index is 13.7. The standard InChI is InChI=1S/C27H19FN2O2S/c28-18-13-11-16(12-14-18)15-23-26(32)30-25(20-8-3-6-17-5-1-2-7-19(17)20)24-21(29-27(30)33-23)9-4-10-22(24)31/h1-3,5-8,11-15,25H,4,9-10H2. The van der Waals surface area contributed by atoms with Crippen LogP contribution in [0, 0.1) is 5.82 Å². The third kappa shape index (κ3) is 3.29. The molecule has 0 amide bonds. The Balaban J connectivity index is 1.65. The number of allylic oxidation sites excluding steroid dienone is 2. The molecule has 0 N–H and O–H groups in total. The molecule has 162 valence electrons. The minimum Gasteiger partial charge on any atom is -0.294 e. The van der Waals surface area contributed by atoms with Gasteiger partial charge in [-0.1, -0.05) is 65.9 Å². The third-order valence-electron chi connectivity index (χ3n) is 6.31. The average molecular weight is 455 g/mol. The van der Waals surface area contributed by atoms with Crippen LogP contribution in [-0.4, -0.2) is 10.4 Å². The monoisotopic (exact) mass is 454 g/mol. The smallest absolute Gasteiger partial charge is 0.271 e. The SMILES string of the molecule is O=C1CCCC2=C1C(c1cccc3ccccc13)n1c(sc(=Cc3ccc(F)cc3)c1=O)=N2. The van der Waals surface area contributed by atoms with E-state index in [0.717, 1.165) is 40.4 Å². The Morgan fingerprint density at radius 3 is 2.61 bits per heavy atom. The quantitative estimate of drug-likeness (QED) is 0.455. The van der Waals surface area contributed by atoms with Crippen LogP contribution >= 0.6 is 11.3 Å². The van der Waals surface area contributed by atoms with Gasteiger partial charge in [-0.25, -0.2) is 9.38 Å². The van der Waals surface area contributed by atoms with Crippen molar-refractivity contribution in [3.63, 3.8) is 0 Å². The molecule has 2 aliphatic rings. The van der Waals surface area contributed by atoms with Crippen molar-refractivity contribution in [3.8, 4) is 0 Å². The van der Waals surface area contributed by atoms with Crippen LogP contribution in [0.1, 0.15) is 36.4 Å². The number of aromatic nitrogens is 1. The number of ketones is 1. The number of benzene rings is 3. The number of hydrogen-bond acceptors (Lipinski definition) is 4. The average Bonchev–Trinajstić information content (AvgIpc) is 3.14. The summed E-state index contributed by atoms with van der Waals surface area (Å²) in [6.45, 7) is 0. The first-order valence-electron chi connectivity index (χ1n) is 10.9. The maximum Gasteiger partial charge on any atom is 0.271 e. The number of thiazole rings is 1. The van der Waals surface area contributed by atoms with Gasteiger partial charge in [0.1, 0.15) is 5.82 Å². The summed E-state index contributed by atoms with van der Waals surface area (Å²) < 4.78 is 15.5. The molecule has 1 aliphatic carbocycles. The van der Waals surface area contributed by atoms with Gasteiger partial charge in [-0.2, -0.15) is 0 Å². The zero-order valence-corrected chi connectivity index (χ0v) is 18.4. The van der Waals surface area contributed by atoms with Crippen LogP contribution in [0.15, 0.2) is 87.8 Å². The second-order valence-corrected chi connectivity index (χ2v) is 9.35. The summed E-state index contributed by atoms with van der Waals surface area (Å²) in [7, 11) is 0.